The molecule has 0 aromatic heterocycles. The van der Waals surface area contributed by atoms with E-state index < -0.39 is 22.5 Å². The fourth-order valence-corrected chi connectivity index (χ4v) is 4.93. The standard InChI is InChI=1S/C26H29N3O6S/c1-34-18-10-17-27-26(31)21-13-6-7-14-22(21)28-25(30)19-29(23-15-8-9-16-24(23)35-2)36(32,33)20-11-4-3-5-12-20/h3-9,11-16H,10,17-19H2,1-2H3,(H,27,31)(H,28,30). The fourth-order valence-electron chi connectivity index (χ4n) is 3.48. The number of benzene rings is 3. The van der Waals surface area contributed by atoms with Gasteiger partial charge in [-0.1, -0.05) is 42.5 Å². The first kappa shape index (κ1) is 26.7. The summed E-state index contributed by atoms with van der Waals surface area (Å²) in [5.74, 6) is -0.693. The second kappa shape index (κ2) is 12.7. The number of nitrogens with one attached hydrogen (secondary N) is 2. The maximum Gasteiger partial charge on any atom is 0.264 e. The summed E-state index contributed by atoms with van der Waals surface area (Å²) in [4.78, 5) is 25.8. The molecule has 3 rings (SSSR count). The van der Waals surface area contributed by atoms with Crippen LogP contribution in [0.2, 0.25) is 0 Å². The third-order valence-electron chi connectivity index (χ3n) is 5.23. The van der Waals surface area contributed by atoms with Crippen molar-refractivity contribution < 1.29 is 27.5 Å². The molecule has 0 bridgehead atoms. The Morgan fingerprint density at radius 2 is 1.56 bits per heavy atom. The number of amides is 2. The molecule has 0 saturated heterocycles. The van der Waals surface area contributed by atoms with Crippen LogP contribution >= 0.6 is 0 Å². The molecular formula is C26H29N3O6S. The zero-order chi connectivity index (χ0) is 26.0. The lowest BCUT2D eigenvalue weighted by Gasteiger charge is -2.25. The van der Waals surface area contributed by atoms with Crippen molar-refractivity contribution in [3.05, 3.63) is 84.4 Å². The molecule has 36 heavy (non-hydrogen) atoms. The largest absolute Gasteiger partial charge is 0.495 e. The number of hydrogen-bond donors (Lipinski definition) is 2. The van der Waals surface area contributed by atoms with Gasteiger partial charge in [-0.05, 0) is 42.8 Å². The van der Waals surface area contributed by atoms with Crippen molar-refractivity contribution in [2.45, 2.75) is 11.3 Å². The van der Waals surface area contributed by atoms with Crippen LogP contribution in [0.1, 0.15) is 16.8 Å². The van der Waals surface area contributed by atoms with E-state index in [4.69, 9.17) is 9.47 Å². The monoisotopic (exact) mass is 511 g/mol. The molecule has 3 aromatic carbocycles. The van der Waals surface area contributed by atoms with Crippen molar-refractivity contribution >= 4 is 33.2 Å². The van der Waals surface area contributed by atoms with Gasteiger partial charge in [-0.15, -0.1) is 0 Å². The summed E-state index contributed by atoms with van der Waals surface area (Å²) in [7, 11) is -1.11. The number of anilines is 2. The Kier molecular flexibility index (Phi) is 9.43. The van der Waals surface area contributed by atoms with Gasteiger partial charge < -0.3 is 20.1 Å². The van der Waals surface area contributed by atoms with Crippen molar-refractivity contribution in [3.8, 4) is 5.75 Å². The molecular weight excluding hydrogens is 482 g/mol. The lowest BCUT2D eigenvalue weighted by molar-refractivity contribution is -0.114. The minimum atomic E-state index is -4.12. The Morgan fingerprint density at radius 1 is 0.889 bits per heavy atom. The number of hydrogen-bond acceptors (Lipinski definition) is 6. The van der Waals surface area contributed by atoms with Gasteiger partial charge in [-0.2, -0.15) is 0 Å². The molecule has 0 saturated carbocycles. The van der Waals surface area contributed by atoms with Gasteiger partial charge in [0.2, 0.25) is 5.91 Å². The second-order valence-corrected chi connectivity index (χ2v) is 9.55. The highest BCUT2D eigenvalue weighted by Gasteiger charge is 2.29. The number of ether oxygens (including phenoxy) is 2. The predicted octanol–water partition coefficient (Wildman–Crippen LogP) is 3.30. The summed E-state index contributed by atoms with van der Waals surface area (Å²) < 4.78 is 38.4. The molecule has 0 aliphatic heterocycles. The van der Waals surface area contributed by atoms with Crippen LogP contribution in [0.25, 0.3) is 0 Å². The first-order valence-electron chi connectivity index (χ1n) is 11.2. The molecule has 2 amide bonds. The van der Waals surface area contributed by atoms with Gasteiger partial charge in [0, 0.05) is 20.3 Å². The van der Waals surface area contributed by atoms with Gasteiger partial charge in [-0.3, -0.25) is 13.9 Å². The van der Waals surface area contributed by atoms with Crippen LogP contribution in [-0.2, 0) is 19.6 Å². The number of methoxy groups -OCH3 is 2. The Bertz CT molecular complexity index is 1280. The Balaban J connectivity index is 1.88. The zero-order valence-electron chi connectivity index (χ0n) is 20.1. The van der Waals surface area contributed by atoms with Gasteiger partial charge in [0.15, 0.2) is 0 Å². The van der Waals surface area contributed by atoms with E-state index in [1.165, 1.54) is 19.2 Å². The maximum absolute atomic E-state index is 13.6. The minimum Gasteiger partial charge on any atom is -0.495 e. The van der Waals surface area contributed by atoms with Crippen molar-refractivity contribution in [2.24, 2.45) is 0 Å². The summed E-state index contributed by atoms with van der Waals surface area (Å²) in [6, 6.07) is 20.9. The number of nitrogens with zero attached hydrogens (tertiary/aromatic N) is 1. The van der Waals surface area contributed by atoms with Gasteiger partial charge >= 0.3 is 0 Å². The number of para-hydroxylation sites is 3. The highest BCUT2D eigenvalue weighted by molar-refractivity contribution is 7.92. The van der Waals surface area contributed by atoms with Crippen LogP contribution in [-0.4, -0.2) is 54.1 Å². The second-order valence-electron chi connectivity index (χ2n) is 7.69. The van der Waals surface area contributed by atoms with E-state index >= 15 is 0 Å². The van der Waals surface area contributed by atoms with Crippen LogP contribution in [0, 0.1) is 0 Å². The summed E-state index contributed by atoms with van der Waals surface area (Å²) in [5.41, 5.74) is 0.741. The van der Waals surface area contributed by atoms with Crippen molar-refractivity contribution in [1.82, 2.24) is 5.32 Å². The van der Waals surface area contributed by atoms with Crippen molar-refractivity contribution in [1.29, 1.82) is 0 Å². The van der Waals surface area contributed by atoms with E-state index in [1.807, 2.05) is 0 Å². The molecule has 0 unspecified atom stereocenters. The summed E-state index contributed by atoms with van der Waals surface area (Å²) in [6.07, 6.45) is 0.641. The molecule has 0 spiro atoms. The summed E-state index contributed by atoms with van der Waals surface area (Å²) in [6.45, 7) is 0.376. The number of rotatable bonds is 12. The molecule has 10 heteroatoms. The Labute approximate surface area is 211 Å². The van der Waals surface area contributed by atoms with Gasteiger partial charge in [0.05, 0.1) is 28.9 Å². The van der Waals surface area contributed by atoms with E-state index in [0.717, 1.165) is 4.31 Å². The molecule has 190 valence electrons. The summed E-state index contributed by atoms with van der Waals surface area (Å²) >= 11 is 0. The first-order valence-corrected chi connectivity index (χ1v) is 12.7. The van der Waals surface area contributed by atoms with Gasteiger partial charge in [0.1, 0.15) is 12.3 Å². The normalized spacial score (nSPS) is 10.9. The SMILES string of the molecule is COCCCNC(=O)c1ccccc1NC(=O)CN(c1ccccc1OC)S(=O)(=O)c1ccccc1. The highest BCUT2D eigenvalue weighted by atomic mass is 32.2. The fraction of sp³-hybridized carbons (Fsp3) is 0.231. The van der Waals surface area contributed by atoms with E-state index in [-0.39, 0.29) is 27.7 Å². The van der Waals surface area contributed by atoms with Crippen LogP contribution in [0.15, 0.2) is 83.8 Å². The number of carbonyl (C=O) groups excluding carboxylic acids is 2. The average molecular weight is 512 g/mol. The van der Waals surface area contributed by atoms with Gasteiger partial charge in [-0.25, -0.2) is 8.42 Å². The molecule has 3 aromatic rings. The van der Waals surface area contributed by atoms with Crippen LogP contribution in [0.3, 0.4) is 0 Å². The Hall–Kier alpha value is -3.89. The first-order chi connectivity index (χ1) is 17.4. The third-order valence-corrected chi connectivity index (χ3v) is 7.00. The van der Waals surface area contributed by atoms with E-state index in [0.29, 0.717) is 25.3 Å². The van der Waals surface area contributed by atoms with Gasteiger partial charge in [0.25, 0.3) is 15.9 Å². The topological polar surface area (TPSA) is 114 Å². The molecule has 0 atom stereocenters. The van der Waals surface area contributed by atoms with Crippen LogP contribution in [0.4, 0.5) is 11.4 Å². The highest BCUT2D eigenvalue weighted by Crippen LogP contribution is 2.32. The molecule has 9 nitrogen and oxygen atoms in total. The predicted molar refractivity (Wildman–Crippen MR) is 138 cm³/mol. The quantitative estimate of drug-likeness (QED) is 0.361. The Morgan fingerprint density at radius 3 is 2.28 bits per heavy atom. The molecule has 0 radical (unpaired) electrons. The molecule has 0 aliphatic carbocycles. The third kappa shape index (κ3) is 6.61. The van der Waals surface area contributed by atoms with E-state index in [1.54, 1.807) is 73.8 Å². The molecule has 0 fully saturated rings. The minimum absolute atomic E-state index is 0.0274. The van der Waals surface area contributed by atoms with Crippen molar-refractivity contribution in [3.63, 3.8) is 0 Å². The van der Waals surface area contributed by atoms with E-state index in [9.17, 15) is 18.0 Å². The molecule has 0 aliphatic rings. The van der Waals surface area contributed by atoms with Crippen LogP contribution in [0.5, 0.6) is 5.75 Å². The number of sulfonamides is 1. The lowest BCUT2D eigenvalue weighted by atomic mass is 10.1. The lowest BCUT2D eigenvalue weighted by Crippen LogP contribution is -2.38. The average Bonchev–Trinajstić information content (AvgIpc) is 2.90. The van der Waals surface area contributed by atoms with Crippen molar-refractivity contribution in [2.75, 3.05) is 43.5 Å². The zero-order valence-corrected chi connectivity index (χ0v) is 21.0. The number of carbonyl (C=O) groups is 2. The van der Waals surface area contributed by atoms with Crippen LogP contribution < -0.4 is 19.7 Å². The smallest absolute Gasteiger partial charge is 0.264 e. The molecule has 2 N–H and O–H groups in total. The van der Waals surface area contributed by atoms with E-state index in [2.05, 4.69) is 10.6 Å². The molecule has 0 heterocycles. The maximum atomic E-state index is 13.6. The summed E-state index contributed by atoms with van der Waals surface area (Å²) in [5, 5.41) is 5.46.